The molecule has 3 heterocycles. The lowest BCUT2D eigenvalue weighted by Gasteiger charge is -2.08. The van der Waals surface area contributed by atoms with E-state index in [1.165, 1.54) is 29.6 Å². The summed E-state index contributed by atoms with van der Waals surface area (Å²) < 4.78 is 5.31. The zero-order valence-electron chi connectivity index (χ0n) is 18.7. The number of hydrogen-bond donors (Lipinski definition) is 1. The van der Waals surface area contributed by atoms with Gasteiger partial charge in [0.2, 0.25) is 5.91 Å². The van der Waals surface area contributed by atoms with Crippen molar-refractivity contribution in [3.8, 4) is 16.9 Å². The average Bonchev–Trinajstić information content (AvgIpc) is 3.50. The number of aryl methyl sites for hydroxylation is 1. The fraction of sp³-hybridized carbons (Fsp3) is 0.130. The van der Waals surface area contributed by atoms with Crippen LogP contribution in [0.5, 0.6) is 0 Å². The standard InChI is InChI=1S/C23H19ClN8O3/c1-29-21-20(22(34)30(2)23(29)35)31(13-25-21)12-19(33)26-16-8-6-14(7-9-16)18-11-32(28-27-18)17-5-3-4-15(24)10-17/h3-11,13H,12H2,1-2H3,(H,26,33). The maximum absolute atomic E-state index is 12.6. The van der Waals surface area contributed by atoms with Crippen LogP contribution < -0.4 is 16.6 Å². The van der Waals surface area contributed by atoms with Crippen LogP contribution in [0.15, 0.2) is 70.6 Å². The zero-order valence-corrected chi connectivity index (χ0v) is 19.5. The number of aromatic nitrogens is 7. The molecule has 0 bridgehead atoms. The quantitative estimate of drug-likeness (QED) is 0.402. The molecule has 0 aliphatic carbocycles. The van der Waals surface area contributed by atoms with Gasteiger partial charge in [-0.25, -0.2) is 14.5 Å². The first-order valence-electron chi connectivity index (χ1n) is 10.5. The van der Waals surface area contributed by atoms with E-state index in [4.69, 9.17) is 11.6 Å². The summed E-state index contributed by atoms with van der Waals surface area (Å²) in [5, 5.41) is 11.8. The second kappa shape index (κ2) is 8.69. The average molecular weight is 491 g/mol. The monoisotopic (exact) mass is 490 g/mol. The minimum atomic E-state index is -0.511. The Hall–Kier alpha value is -4.51. The van der Waals surface area contributed by atoms with Crippen LogP contribution in [-0.2, 0) is 25.4 Å². The molecular weight excluding hydrogens is 472 g/mol. The van der Waals surface area contributed by atoms with Crippen LogP contribution in [0.25, 0.3) is 28.1 Å². The molecule has 176 valence electrons. The third-order valence-corrected chi connectivity index (χ3v) is 5.80. The number of anilines is 1. The number of imidazole rings is 1. The fourth-order valence-corrected chi connectivity index (χ4v) is 3.92. The minimum Gasteiger partial charge on any atom is -0.325 e. The van der Waals surface area contributed by atoms with Crippen molar-refractivity contribution in [2.24, 2.45) is 14.1 Å². The van der Waals surface area contributed by atoms with Crippen molar-refractivity contribution in [1.29, 1.82) is 0 Å². The van der Waals surface area contributed by atoms with Crippen molar-refractivity contribution in [2.75, 3.05) is 5.32 Å². The minimum absolute atomic E-state index is 0.139. The van der Waals surface area contributed by atoms with E-state index in [0.717, 1.165) is 15.8 Å². The Morgan fingerprint density at radius 1 is 1.06 bits per heavy atom. The summed E-state index contributed by atoms with van der Waals surface area (Å²) in [5.74, 6) is -0.347. The van der Waals surface area contributed by atoms with Crippen LogP contribution in [-0.4, -0.2) is 39.6 Å². The van der Waals surface area contributed by atoms with Crippen LogP contribution in [0.2, 0.25) is 5.02 Å². The van der Waals surface area contributed by atoms with Gasteiger partial charge >= 0.3 is 5.69 Å². The van der Waals surface area contributed by atoms with Gasteiger partial charge < -0.3 is 9.88 Å². The largest absolute Gasteiger partial charge is 0.332 e. The lowest BCUT2D eigenvalue weighted by molar-refractivity contribution is -0.116. The van der Waals surface area contributed by atoms with Gasteiger partial charge in [0.15, 0.2) is 11.2 Å². The first kappa shape index (κ1) is 22.3. The van der Waals surface area contributed by atoms with E-state index in [2.05, 4.69) is 20.6 Å². The molecule has 0 saturated heterocycles. The molecule has 1 N–H and O–H groups in total. The number of nitrogens with zero attached hydrogens (tertiary/aromatic N) is 7. The first-order valence-corrected chi connectivity index (χ1v) is 10.9. The van der Waals surface area contributed by atoms with E-state index in [-0.39, 0.29) is 23.6 Å². The van der Waals surface area contributed by atoms with Crippen LogP contribution in [0.4, 0.5) is 5.69 Å². The van der Waals surface area contributed by atoms with Gasteiger partial charge in [0.05, 0.1) is 18.2 Å². The van der Waals surface area contributed by atoms with Crippen molar-refractivity contribution in [2.45, 2.75) is 6.54 Å². The second-order valence-electron chi connectivity index (χ2n) is 7.90. The molecule has 0 radical (unpaired) electrons. The molecule has 0 aliphatic heterocycles. The number of amides is 1. The summed E-state index contributed by atoms with van der Waals surface area (Å²) >= 11 is 6.05. The Morgan fingerprint density at radius 3 is 2.57 bits per heavy atom. The van der Waals surface area contributed by atoms with Crippen LogP contribution in [0.3, 0.4) is 0 Å². The SMILES string of the molecule is Cn1c(=O)c2c(ncn2CC(=O)Nc2ccc(-c3cn(-c4cccc(Cl)c4)nn3)cc2)n(C)c1=O. The van der Waals surface area contributed by atoms with Gasteiger partial charge in [0.1, 0.15) is 12.2 Å². The van der Waals surface area contributed by atoms with E-state index < -0.39 is 11.2 Å². The van der Waals surface area contributed by atoms with E-state index >= 15 is 0 Å². The summed E-state index contributed by atoms with van der Waals surface area (Å²) in [4.78, 5) is 41.4. The lowest BCUT2D eigenvalue weighted by atomic mass is 10.1. The van der Waals surface area contributed by atoms with E-state index in [1.807, 2.05) is 24.3 Å². The highest BCUT2D eigenvalue weighted by molar-refractivity contribution is 6.30. The highest BCUT2D eigenvalue weighted by Gasteiger charge is 2.16. The summed E-state index contributed by atoms with van der Waals surface area (Å²) in [6.07, 6.45) is 3.16. The molecular formula is C23H19ClN8O3. The predicted octanol–water partition coefficient (Wildman–Crippen LogP) is 1.97. The molecule has 0 spiro atoms. The topological polar surface area (TPSA) is 122 Å². The Kier molecular flexibility index (Phi) is 5.53. The molecule has 11 nitrogen and oxygen atoms in total. The Morgan fingerprint density at radius 2 is 1.83 bits per heavy atom. The van der Waals surface area contributed by atoms with Crippen molar-refractivity contribution in [1.82, 2.24) is 33.7 Å². The number of rotatable bonds is 5. The molecule has 0 unspecified atom stereocenters. The smallest absolute Gasteiger partial charge is 0.325 e. The number of fused-ring (bicyclic) bond motifs is 1. The van der Waals surface area contributed by atoms with Crippen molar-refractivity contribution >= 4 is 34.4 Å². The fourth-order valence-electron chi connectivity index (χ4n) is 3.74. The van der Waals surface area contributed by atoms with Crippen LogP contribution >= 0.6 is 11.6 Å². The second-order valence-corrected chi connectivity index (χ2v) is 8.34. The highest BCUT2D eigenvalue weighted by Crippen LogP contribution is 2.21. The van der Waals surface area contributed by atoms with Gasteiger partial charge in [-0.3, -0.25) is 18.7 Å². The van der Waals surface area contributed by atoms with Crippen molar-refractivity contribution in [3.63, 3.8) is 0 Å². The Labute approximate surface area is 202 Å². The molecule has 0 atom stereocenters. The normalized spacial score (nSPS) is 11.2. The van der Waals surface area contributed by atoms with E-state index in [9.17, 15) is 14.4 Å². The molecule has 0 saturated carbocycles. The third-order valence-electron chi connectivity index (χ3n) is 5.56. The number of nitrogens with one attached hydrogen (secondary N) is 1. The summed E-state index contributed by atoms with van der Waals surface area (Å²) in [6, 6.07) is 14.4. The van der Waals surface area contributed by atoms with Gasteiger partial charge in [-0.1, -0.05) is 35.0 Å². The molecule has 1 amide bonds. The zero-order chi connectivity index (χ0) is 24.7. The number of hydrogen-bond acceptors (Lipinski definition) is 6. The lowest BCUT2D eigenvalue weighted by Crippen LogP contribution is -2.37. The molecule has 12 heteroatoms. The molecule has 5 aromatic rings. The summed E-state index contributed by atoms with van der Waals surface area (Å²) in [5.41, 5.74) is 2.26. The van der Waals surface area contributed by atoms with Crippen molar-refractivity contribution < 1.29 is 4.79 Å². The Bertz CT molecular complexity index is 1690. The molecule has 5 rings (SSSR count). The molecule has 3 aromatic heterocycles. The molecule has 2 aromatic carbocycles. The van der Waals surface area contributed by atoms with Crippen LogP contribution in [0, 0.1) is 0 Å². The maximum atomic E-state index is 12.6. The molecule has 0 fully saturated rings. The van der Waals surface area contributed by atoms with Gasteiger partial charge in [0, 0.05) is 30.4 Å². The highest BCUT2D eigenvalue weighted by atomic mass is 35.5. The summed E-state index contributed by atoms with van der Waals surface area (Å²) in [7, 11) is 2.91. The van der Waals surface area contributed by atoms with E-state index in [0.29, 0.717) is 16.4 Å². The number of carbonyl (C=O) groups excluding carboxylic acids is 1. The third kappa shape index (κ3) is 4.13. The van der Waals surface area contributed by atoms with Crippen LogP contribution in [0.1, 0.15) is 0 Å². The van der Waals surface area contributed by atoms with Gasteiger partial charge in [0.25, 0.3) is 5.56 Å². The summed E-state index contributed by atoms with van der Waals surface area (Å²) in [6.45, 7) is -0.139. The molecule has 0 aliphatic rings. The number of benzene rings is 2. The first-order chi connectivity index (χ1) is 16.8. The number of carbonyl (C=O) groups is 1. The van der Waals surface area contributed by atoms with Gasteiger partial charge in [-0.05, 0) is 30.3 Å². The van der Waals surface area contributed by atoms with Crippen molar-refractivity contribution in [3.05, 3.63) is 86.9 Å². The Balaban J connectivity index is 1.31. The number of halogens is 1. The van der Waals surface area contributed by atoms with Gasteiger partial charge in [-0.2, -0.15) is 0 Å². The van der Waals surface area contributed by atoms with Gasteiger partial charge in [-0.15, -0.1) is 5.10 Å². The van der Waals surface area contributed by atoms with E-state index in [1.54, 1.807) is 35.1 Å². The predicted molar refractivity (Wildman–Crippen MR) is 131 cm³/mol. The maximum Gasteiger partial charge on any atom is 0.332 e. The molecule has 35 heavy (non-hydrogen) atoms.